The molecule has 0 fully saturated rings. The minimum Gasteiger partial charge on any atom is -0.508 e. The van der Waals surface area contributed by atoms with Crippen molar-refractivity contribution in [1.82, 2.24) is 9.55 Å². The first-order chi connectivity index (χ1) is 10.7. The molecule has 1 heterocycles. The number of phenolic OH excluding ortho intramolecular Hbond substituents is 1. The lowest BCUT2D eigenvalue weighted by molar-refractivity contribution is 0.467. The average molecular weight is 290 g/mol. The number of hydrogen-bond acceptors (Lipinski definition) is 2. The van der Waals surface area contributed by atoms with Gasteiger partial charge in [-0.1, -0.05) is 42.5 Å². The van der Waals surface area contributed by atoms with Crippen LogP contribution in [0, 0.1) is 0 Å². The predicted molar refractivity (Wildman–Crippen MR) is 87.3 cm³/mol. The molecule has 0 unspecified atom stereocenters. The Hall–Kier alpha value is -3.01. The van der Waals surface area contributed by atoms with E-state index in [2.05, 4.69) is 4.98 Å². The number of nitrogens with one attached hydrogen (secondary N) is 1. The Labute approximate surface area is 126 Å². The second-order valence-corrected chi connectivity index (χ2v) is 5.32. The van der Waals surface area contributed by atoms with E-state index in [1.54, 1.807) is 10.6 Å². The van der Waals surface area contributed by atoms with Crippen LogP contribution in [0.4, 0.5) is 0 Å². The van der Waals surface area contributed by atoms with Crippen LogP contribution in [-0.2, 0) is 6.54 Å². The number of fused-ring (bicyclic) bond motifs is 2. The average Bonchev–Trinajstić information content (AvgIpc) is 2.86. The molecule has 0 bridgehead atoms. The summed E-state index contributed by atoms with van der Waals surface area (Å²) >= 11 is 0. The van der Waals surface area contributed by atoms with Crippen molar-refractivity contribution in [3.8, 4) is 5.75 Å². The monoisotopic (exact) mass is 290 g/mol. The maximum atomic E-state index is 12.2. The van der Waals surface area contributed by atoms with Crippen LogP contribution in [0.2, 0.25) is 0 Å². The van der Waals surface area contributed by atoms with Crippen LogP contribution < -0.4 is 5.69 Å². The smallest absolute Gasteiger partial charge is 0.326 e. The van der Waals surface area contributed by atoms with Crippen LogP contribution in [0.3, 0.4) is 0 Å². The Morgan fingerprint density at radius 3 is 2.64 bits per heavy atom. The SMILES string of the molecule is O=c1[nH]c2ccccc2n1Cc1c(O)ccc2ccccc12. The summed E-state index contributed by atoms with van der Waals surface area (Å²) in [6.45, 7) is 0.329. The molecule has 108 valence electrons. The van der Waals surface area contributed by atoms with E-state index >= 15 is 0 Å². The Morgan fingerprint density at radius 2 is 1.73 bits per heavy atom. The van der Waals surface area contributed by atoms with Gasteiger partial charge < -0.3 is 10.1 Å². The third-order valence-electron chi connectivity index (χ3n) is 4.01. The second-order valence-electron chi connectivity index (χ2n) is 5.32. The molecule has 4 nitrogen and oxygen atoms in total. The van der Waals surface area contributed by atoms with Crippen molar-refractivity contribution in [3.63, 3.8) is 0 Å². The highest BCUT2D eigenvalue weighted by atomic mass is 16.3. The van der Waals surface area contributed by atoms with Gasteiger partial charge in [0.15, 0.2) is 0 Å². The van der Waals surface area contributed by atoms with Gasteiger partial charge in [0.05, 0.1) is 17.6 Å². The van der Waals surface area contributed by atoms with Gasteiger partial charge in [-0.3, -0.25) is 4.57 Å². The molecule has 4 rings (SSSR count). The fourth-order valence-electron chi connectivity index (χ4n) is 2.91. The predicted octanol–water partition coefficient (Wildman–Crippen LogP) is 3.24. The number of imidazole rings is 1. The van der Waals surface area contributed by atoms with E-state index < -0.39 is 0 Å². The highest BCUT2D eigenvalue weighted by Gasteiger charge is 2.11. The topological polar surface area (TPSA) is 58.0 Å². The lowest BCUT2D eigenvalue weighted by Gasteiger charge is -2.10. The van der Waals surface area contributed by atoms with Crippen molar-refractivity contribution < 1.29 is 5.11 Å². The largest absolute Gasteiger partial charge is 0.508 e. The summed E-state index contributed by atoms with van der Waals surface area (Å²) in [6.07, 6.45) is 0. The summed E-state index contributed by atoms with van der Waals surface area (Å²) in [5.41, 5.74) is 2.21. The molecule has 1 aromatic heterocycles. The summed E-state index contributed by atoms with van der Waals surface area (Å²) < 4.78 is 1.65. The lowest BCUT2D eigenvalue weighted by Crippen LogP contribution is -2.17. The normalized spacial score (nSPS) is 11.3. The third-order valence-corrected chi connectivity index (χ3v) is 4.01. The van der Waals surface area contributed by atoms with Gasteiger partial charge >= 0.3 is 5.69 Å². The maximum absolute atomic E-state index is 12.2. The third kappa shape index (κ3) is 1.89. The zero-order valence-corrected chi connectivity index (χ0v) is 11.8. The minimum atomic E-state index is -0.173. The molecule has 22 heavy (non-hydrogen) atoms. The number of aromatic hydroxyl groups is 1. The van der Waals surface area contributed by atoms with Gasteiger partial charge in [-0.2, -0.15) is 0 Å². The van der Waals surface area contributed by atoms with Crippen LogP contribution in [0.25, 0.3) is 21.8 Å². The Morgan fingerprint density at radius 1 is 0.955 bits per heavy atom. The minimum absolute atomic E-state index is 0.173. The van der Waals surface area contributed by atoms with Gasteiger partial charge in [-0.25, -0.2) is 4.79 Å². The molecule has 2 N–H and O–H groups in total. The Kier molecular flexibility index (Phi) is 2.76. The van der Waals surface area contributed by atoms with Crippen molar-refractivity contribution in [3.05, 3.63) is 76.7 Å². The standard InChI is InChI=1S/C18H14N2O2/c21-17-10-9-12-5-1-2-6-13(12)14(17)11-20-16-8-4-3-7-15(16)19-18(20)22/h1-10,21H,11H2,(H,19,22). The first-order valence-electron chi connectivity index (χ1n) is 7.11. The first kappa shape index (κ1) is 12.7. The molecule has 0 saturated carbocycles. The molecule has 0 amide bonds. The van der Waals surface area contributed by atoms with E-state index in [4.69, 9.17) is 0 Å². The van der Waals surface area contributed by atoms with Crippen LogP contribution >= 0.6 is 0 Å². The fourth-order valence-corrected chi connectivity index (χ4v) is 2.91. The van der Waals surface area contributed by atoms with Crippen molar-refractivity contribution in [1.29, 1.82) is 0 Å². The van der Waals surface area contributed by atoms with Gasteiger partial charge in [-0.05, 0) is 29.0 Å². The number of hydrogen-bond donors (Lipinski definition) is 2. The highest BCUT2D eigenvalue weighted by Crippen LogP contribution is 2.28. The zero-order chi connectivity index (χ0) is 15.1. The van der Waals surface area contributed by atoms with E-state index in [1.165, 1.54) is 0 Å². The van der Waals surface area contributed by atoms with Crippen LogP contribution in [0.15, 0.2) is 65.5 Å². The van der Waals surface area contributed by atoms with E-state index in [1.807, 2.05) is 54.6 Å². The van der Waals surface area contributed by atoms with Crippen molar-refractivity contribution >= 4 is 21.8 Å². The number of para-hydroxylation sites is 2. The molecule has 0 aliphatic carbocycles. The number of phenols is 1. The van der Waals surface area contributed by atoms with Crippen LogP contribution in [0.5, 0.6) is 5.75 Å². The number of aromatic nitrogens is 2. The van der Waals surface area contributed by atoms with Crippen molar-refractivity contribution in [2.24, 2.45) is 0 Å². The van der Waals surface area contributed by atoms with Crippen LogP contribution in [0.1, 0.15) is 5.56 Å². The van der Waals surface area contributed by atoms with Gasteiger partial charge in [0.2, 0.25) is 0 Å². The van der Waals surface area contributed by atoms with Crippen molar-refractivity contribution in [2.45, 2.75) is 6.54 Å². The molecule has 0 spiro atoms. The summed E-state index contributed by atoms with van der Waals surface area (Å²) in [5.74, 6) is 0.205. The number of aromatic amines is 1. The van der Waals surface area contributed by atoms with Crippen molar-refractivity contribution in [2.75, 3.05) is 0 Å². The Bertz CT molecular complexity index is 1040. The number of benzene rings is 3. The molecule has 4 heteroatoms. The van der Waals surface area contributed by atoms with Gasteiger partial charge in [0.1, 0.15) is 5.75 Å². The van der Waals surface area contributed by atoms with Gasteiger partial charge in [-0.15, -0.1) is 0 Å². The second kappa shape index (κ2) is 4.77. The summed E-state index contributed by atoms with van der Waals surface area (Å²) in [5, 5.41) is 12.2. The summed E-state index contributed by atoms with van der Waals surface area (Å²) in [4.78, 5) is 15.1. The maximum Gasteiger partial charge on any atom is 0.326 e. The molecule has 0 aliphatic rings. The van der Waals surface area contributed by atoms with E-state index in [9.17, 15) is 9.90 Å². The number of nitrogens with zero attached hydrogens (tertiary/aromatic N) is 1. The first-order valence-corrected chi connectivity index (χ1v) is 7.11. The zero-order valence-electron chi connectivity index (χ0n) is 11.8. The summed E-state index contributed by atoms with van der Waals surface area (Å²) in [6, 6.07) is 19.0. The van der Waals surface area contributed by atoms with Gasteiger partial charge in [0, 0.05) is 5.56 Å². The molecule has 0 saturated heterocycles. The van der Waals surface area contributed by atoms with E-state index in [-0.39, 0.29) is 11.4 Å². The molecule has 4 aromatic rings. The van der Waals surface area contributed by atoms with E-state index in [0.717, 1.165) is 27.4 Å². The van der Waals surface area contributed by atoms with Crippen LogP contribution in [-0.4, -0.2) is 14.7 Å². The Balaban J connectivity index is 1.95. The number of H-pyrrole nitrogens is 1. The molecular formula is C18H14N2O2. The molecule has 0 aliphatic heterocycles. The lowest BCUT2D eigenvalue weighted by atomic mass is 10.0. The summed E-state index contributed by atoms with van der Waals surface area (Å²) in [7, 11) is 0. The number of rotatable bonds is 2. The molecular weight excluding hydrogens is 276 g/mol. The molecule has 0 atom stereocenters. The molecule has 0 radical (unpaired) electrons. The highest BCUT2D eigenvalue weighted by molar-refractivity contribution is 5.88. The quantitative estimate of drug-likeness (QED) is 0.595. The molecule has 3 aromatic carbocycles. The fraction of sp³-hybridized carbons (Fsp3) is 0.0556. The van der Waals surface area contributed by atoms with E-state index in [0.29, 0.717) is 6.54 Å². The van der Waals surface area contributed by atoms with Gasteiger partial charge in [0.25, 0.3) is 0 Å².